The molecule has 0 atom stereocenters. The van der Waals surface area contributed by atoms with Gasteiger partial charge in [-0.1, -0.05) is 24.3 Å². The molecule has 10 heteroatoms. The summed E-state index contributed by atoms with van der Waals surface area (Å²) in [5, 5.41) is 16.0. The van der Waals surface area contributed by atoms with E-state index in [2.05, 4.69) is 15.1 Å². The van der Waals surface area contributed by atoms with Crippen LogP contribution in [0.3, 0.4) is 0 Å². The molecule has 0 saturated carbocycles. The zero-order valence-electron chi connectivity index (χ0n) is 22.1. The molecule has 0 aliphatic carbocycles. The van der Waals surface area contributed by atoms with Gasteiger partial charge in [0.1, 0.15) is 17.5 Å². The van der Waals surface area contributed by atoms with Crippen LogP contribution in [0.25, 0.3) is 28.9 Å². The molecule has 0 unspecified atom stereocenters. The van der Waals surface area contributed by atoms with Gasteiger partial charge in [-0.3, -0.25) is 19.1 Å². The zero-order chi connectivity index (χ0) is 28.4. The zero-order valence-corrected chi connectivity index (χ0v) is 22.1. The van der Waals surface area contributed by atoms with E-state index in [0.717, 1.165) is 16.9 Å². The van der Waals surface area contributed by atoms with Crippen LogP contribution >= 0.6 is 0 Å². The first-order chi connectivity index (χ1) is 19.9. The Hall–Kier alpha value is -4.96. The van der Waals surface area contributed by atoms with Gasteiger partial charge in [0.05, 0.1) is 29.7 Å². The van der Waals surface area contributed by atoms with Gasteiger partial charge in [0.25, 0.3) is 11.5 Å². The third kappa shape index (κ3) is 5.55. The van der Waals surface area contributed by atoms with Crippen molar-refractivity contribution >= 4 is 29.1 Å². The number of fused-ring (bicyclic) bond motifs is 1. The fourth-order valence-corrected chi connectivity index (χ4v) is 5.01. The molecule has 1 fully saturated rings. The van der Waals surface area contributed by atoms with Crippen LogP contribution in [0.2, 0.25) is 0 Å². The molecular formula is C31H27FN6O3. The summed E-state index contributed by atoms with van der Waals surface area (Å²) < 4.78 is 16.2. The molecule has 0 spiro atoms. The molecule has 3 aromatic heterocycles. The van der Waals surface area contributed by atoms with Crippen LogP contribution < -0.4 is 5.56 Å². The first-order valence-electron chi connectivity index (χ1n) is 13.3. The number of pyridine rings is 1. The number of benzene rings is 2. The Morgan fingerprint density at radius 1 is 0.976 bits per heavy atom. The van der Waals surface area contributed by atoms with E-state index in [0.29, 0.717) is 42.5 Å². The van der Waals surface area contributed by atoms with Crippen LogP contribution in [0.4, 0.5) is 4.39 Å². The number of halogens is 1. The van der Waals surface area contributed by atoms with Crippen molar-refractivity contribution in [1.29, 1.82) is 0 Å². The number of likely N-dealkylation sites (tertiary alicyclic amines) is 1. The number of amides is 1. The second-order valence-corrected chi connectivity index (χ2v) is 10.2. The Kier molecular flexibility index (Phi) is 6.98. The maximum atomic E-state index is 13.3. The lowest BCUT2D eigenvalue weighted by molar-refractivity contribution is -0.0299. The molecule has 4 heterocycles. The Balaban J connectivity index is 1.14. The minimum absolute atomic E-state index is 0.0514. The number of piperidine rings is 1. The SMILES string of the molecule is O=C(c1ccc(F)cc1)N1CCC(O)(Cn2cnc3c(cnn3-c3ccc(C=Cc4ccccn4)cc3)c2=O)CC1. The summed E-state index contributed by atoms with van der Waals surface area (Å²) in [6.07, 6.45) is 9.16. The normalized spacial score (nSPS) is 15.0. The molecule has 5 aromatic rings. The molecule has 9 nitrogen and oxygen atoms in total. The van der Waals surface area contributed by atoms with Gasteiger partial charge in [0, 0.05) is 24.8 Å². The minimum atomic E-state index is -1.17. The molecule has 1 N–H and O–H groups in total. The summed E-state index contributed by atoms with van der Waals surface area (Å²) >= 11 is 0. The summed E-state index contributed by atoms with van der Waals surface area (Å²) in [5.74, 6) is -0.615. The largest absolute Gasteiger partial charge is 0.388 e. The van der Waals surface area contributed by atoms with E-state index in [9.17, 15) is 19.1 Å². The van der Waals surface area contributed by atoms with Crippen molar-refractivity contribution in [3.8, 4) is 5.69 Å². The van der Waals surface area contributed by atoms with Crippen molar-refractivity contribution in [3.05, 3.63) is 118 Å². The van der Waals surface area contributed by atoms with Crippen LogP contribution in [0, 0.1) is 5.82 Å². The van der Waals surface area contributed by atoms with Crippen molar-refractivity contribution < 1.29 is 14.3 Å². The van der Waals surface area contributed by atoms with E-state index in [-0.39, 0.29) is 18.0 Å². The number of carbonyl (C=O) groups excluding carboxylic acids is 1. The molecule has 1 saturated heterocycles. The van der Waals surface area contributed by atoms with Crippen molar-refractivity contribution in [2.24, 2.45) is 0 Å². The highest BCUT2D eigenvalue weighted by Gasteiger charge is 2.35. The van der Waals surface area contributed by atoms with Gasteiger partial charge in [-0.05, 0) is 73.0 Å². The molecule has 0 bridgehead atoms. The van der Waals surface area contributed by atoms with Gasteiger partial charge >= 0.3 is 0 Å². The highest BCUT2D eigenvalue weighted by Crippen LogP contribution is 2.25. The van der Waals surface area contributed by atoms with Gasteiger partial charge < -0.3 is 10.0 Å². The number of aliphatic hydroxyl groups is 1. The molecule has 41 heavy (non-hydrogen) atoms. The molecule has 2 aromatic carbocycles. The van der Waals surface area contributed by atoms with E-state index in [1.807, 2.05) is 54.6 Å². The van der Waals surface area contributed by atoms with Crippen molar-refractivity contribution in [1.82, 2.24) is 29.2 Å². The Morgan fingerprint density at radius 3 is 2.44 bits per heavy atom. The molecule has 1 amide bonds. The van der Waals surface area contributed by atoms with Gasteiger partial charge in [-0.25, -0.2) is 14.1 Å². The highest BCUT2D eigenvalue weighted by atomic mass is 19.1. The number of nitrogens with zero attached hydrogens (tertiary/aromatic N) is 6. The lowest BCUT2D eigenvalue weighted by Gasteiger charge is -2.38. The topological polar surface area (TPSA) is 106 Å². The third-order valence-electron chi connectivity index (χ3n) is 7.36. The molecule has 1 aliphatic heterocycles. The standard InChI is InChI=1S/C31H27FN6O3/c32-24-9-7-23(8-10-24)29(39)36-17-14-31(41,15-18-36)20-37-21-34-28-27(30(37)40)19-35-38(28)26-12-5-22(6-13-26)4-11-25-3-1-2-16-33-25/h1-13,16,19,21,41H,14-15,17-18,20H2. The van der Waals surface area contributed by atoms with Crippen LogP contribution in [-0.2, 0) is 6.54 Å². The van der Waals surface area contributed by atoms with E-state index >= 15 is 0 Å². The van der Waals surface area contributed by atoms with E-state index in [1.165, 1.54) is 41.4 Å². The first kappa shape index (κ1) is 26.3. The van der Waals surface area contributed by atoms with Crippen LogP contribution in [-0.4, -0.2) is 58.9 Å². The van der Waals surface area contributed by atoms with Crippen LogP contribution in [0.1, 0.15) is 34.5 Å². The van der Waals surface area contributed by atoms with Crippen molar-refractivity contribution in [2.75, 3.05) is 13.1 Å². The van der Waals surface area contributed by atoms with Crippen LogP contribution in [0.15, 0.2) is 90.2 Å². The van der Waals surface area contributed by atoms with E-state index < -0.39 is 11.4 Å². The number of hydrogen-bond acceptors (Lipinski definition) is 6. The fraction of sp³-hybridized carbons (Fsp3) is 0.194. The number of rotatable bonds is 6. The van der Waals surface area contributed by atoms with Gasteiger partial charge in [0.15, 0.2) is 5.65 Å². The van der Waals surface area contributed by atoms with E-state index in [1.54, 1.807) is 15.8 Å². The molecule has 6 rings (SSSR count). The van der Waals surface area contributed by atoms with Crippen molar-refractivity contribution in [2.45, 2.75) is 25.0 Å². The molecule has 206 valence electrons. The lowest BCUT2D eigenvalue weighted by atomic mass is 9.91. The van der Waals surface area contributed by atoms with Gasteiger partial charge in [0.2, 0.25) is 0 Å². The second-order valence-electron chi connectivity index (χ2n) is 10.2. The predicted molar refractivity (Wildman–Crippen MR) is 153 cm³/mol. The monoisotopic (exact) mass is 550 g/mol. The van der Waals surface area contributed by atoms with Gasteiger partial charge in [-0.15, -0.1) is 0 Å². The Morgan fingerprint density at radius 2 is 1.73 bits per heavy atom. The second kappa shape index (κ2) is 10.9. The first-order valence-corrected chi connectivity index (χ1v) is 13.3. The number of aromatic nitrogens is 5. The summed E-state index contributed by atoms with van der Waals surface area (Å²) in [7, 11) is 0. The average Bonchev–Trinajstić information content (AvgIpc) is 3.44. The lowest BCUT2D eigenvalue weighted by Crippen LogP contribution is -2.49. The maximum absolute atomic E-state index is 13.3. The Labute approximate surface area is 234 Å². The summed E-state index contributed by atoms with van der Waals surface area (Å²) in [6, 6.07) is 18.9. The summed E-state index contributed by atoms with van der Waals surface area (Å²) in [6.45, 7) is 0.694. The van der Waals surface area contributed by atoms with Crippen molar-refractivity contribution in [3.63, 3.8) is 0 Å². The smallest absolute Gasteiger partial charge is 0.264 e. The number of carbonyl (C=O) groups is 1. The molecule has 0 radical (unpaired) electrons. The third-order valence-corrected chi connectivity index (χ3v) is 7.36. The average molecular weight is 551 g/mol. The summed E-state index contributed by atoms with van der Waals surface area (Å²) in [5.41, 5.74) is 1.97. The maximum Gasteiger partial charge on any atom is 0.264 e. The highest BCUT2D eigenvalue weighted by molar-refractivity contribution is 5.94. The fourth-order valence-electron chi connectivity index (χ4n) is 5.01. The summed E-state index contributed by atoms with van der Waals surface area (Å²) in [4.78, 5) is 36.5. The molecular weight excluding hydrogens is 523 g/mol. The van der Waals surface area contributed by atoms with E-state index in [4.69, 9.17) is 0 Å². The quantitative estimate of drug-likeness (QED) is 0.343. The molecule has 1 aliphatic rings. The predicted octanol–water partition coefficient (Wildman–Crippen LogP) is 3.95. The van der Waals surface area contributed by atoms with Gasteiger partial charge in [-0.2, -0.15) is 5.10 Å². The minimum Gasteiger partial charge on any atom is -0.388 e. The Bertz CT molecular complexity index is 1770. The van der Waals surface area contributed by atoms with Crippen LogP contribution in [0.5, 0.6) is 0 Å². The number of hydrogen-bond donors (Lipinski definition) is 1.